The third-order valence-corrected chi connectivity index (χ3v) is 2.32. The van der Waals surface area contributed by atoms with Gasteiger partial charge in [0.25, 0.3) is 5.91 Å². The summed E-state index contributed by atoms with van der Waals surface area (Å²) in [5.41, 5.74) is 5.67. The van der Waals surface area contributed by atoms with Crippen LogP contribution in [0.5, 0.6) is 0 Å². The number of carbonyl (C=O) groups excluding carboxylic acids is 1. The van der Waals surface area contributed by atoms with Gasteiger partial charge in [0.2, 0.25) is 0 Å². The van der Waals surface area contributed by atoms with Gasteiger partial charge in [-0.05, 0) is 29.7 Å². The molecule has 1 aromatic carbocycles. The van der Waals surface area contributed by atoms with Crippen molar-refractivity contribution in [1.82, 2.24) is 5.32 Å². The number of nitrogens with one attached hydrogen (secondary N) is 1. The zero-order valence-corrected chi connectivity index (χ0v) is 7.84. The first-order valence-electron chi connectivity index (χ1n) is 4.58. The number of carbonyl (C=O) groups is 1. The van der Waals surface area contributed by atoms with Gasteiger partial charge in [-0.25, -0.2) is 0 Å². The van der Waals surface area contributed by atoms with Crippen molar-refractivity contribution in [3.63, 3.8) is 0 Å². The Kier molecular flexibility index (Phi) is 2.21. The fraction of sp³-hybridized carbons (Fsp3) is 0.167. The molecule has 0 aromatic heterocycles. The van der Waals surface area contributed by atoms with E-state index in [2.05, 4.69) is 17.6 Å². The molecular formula is C12H11NO. The first-order valence-corrected chi connectivity index (χ1v) is 4.58. The molecule has 1 aliphatic rings. The van der Waals surface area contributed by atoms with E-state index in [1.54, 1.807) is 0 Å². The van der Waals surface area contributed by atoms with Gasteiger partial charge in [0, 0.05) is 12.1 Å². The normalized spacial score (nSPS) is 13.9. The fourth-order valence-corrected chi connectivity index (χ4v) is 1.66. The Bertz CT molecular complexity index is 428. The van der Waals surface area contributed by atoms with Gasteiger partial charge >= 0.3 is 0 Å². The van der Waals surface area contributed by atoms with Gasteiger partial charge in [-0.15, -0.1) is 5.73 Å². The Hall–Kier alpha value is -1.79. The van der Waals surface area contributed by atoms with Crippen molar-refractivity contribution >= 4 is 12.0 Å². The summed E-state index contributed by atoms with van der Waals surface area (Å²) in [6.07, 6.45) is 2.71. The quantitative estimate of drug-likeness (QED) is 0.664. The van der Waals surface area contributed by atoms with Crippen LogP contribution in [-0.4, -0.2) is 12.5 Å². The lowest BCUT2D eigenvalue weighted by atomic mass is 9.98. The van der Waals surface area contributed by atoms with Crippen LogP contribution in [0.3, 0.4) is 0 Å². The lowest BCUT2D eigenvalue weighted by molar-refractivity contribution is 0.0946. The predicted molar refractivity (Wildman–Crippen MR) is 56.1 cm³/mol. The summed E-state index contributed by atoms with van der Waals surface area (Å²) in [5.74, 6) is 0.0281. The largest absolute Gasteiger partial charge is 0.352 e. The van der Waals surface area contributed by atoms with Crippen molar-refractivity contribution in [3.8, 4) is 0 Å². The lowest BCUT2D eigenvalue weighted by Gasteiger charge is -2.16. The first kappa shape index (κ1) is 8.79. The molecule has 14 heavy (non-hydrogen) atoms. The van der Waals surface area contributed by atoms with Crippen LogP contribution in [0.15, 0.2) is 30.5 Å². The number of amides is 1. The van der Waals surface area contributed by atoms with Gasteiger partial charge in [-0.1, -0.05) is 18.7 Å². The molecule has 1 heterocycles. The van der Waals surface area contributed by atoms with Crippen LogP contribution >= 0.6 is 0 Å². The maximum Gasteiger partial charge on any atom is 0.251 e. The van der Waals surface area contributed by atoms with Gasteiger partial charge in [-0.2, -0.15) is 0 Å². The highest BCUT2D eigenvalue weighted by Gasteiger charge is 2.15. The van der Waals surface area contributed by atoms with E-state index in [4.69, 9.17) is 0 Å². The van der Waals surface area contributed by atoms with E-state index in [1.165, 1.54) is 0 Å². The molecule has 1 N–H and O–H groups in total. The maximum atomic E-state index is 11.4. The molecule has 0 radical (unpaired) electrons. The van der Waals surface area contributed by atoms with Crippen LogP contribution in [0.25, 0.3) is 6.08 Å². The molecule has 1 aromatic rings. The molecule has 2 rings (SSSR count). The van der Waals surface area contributed by atoms with Gasteiger partial charge < -0.3 is 5.32 Å². The zero-order chi connectivity index (χ0) is 9.97. The Morgan fingerprint density at radius 1 is 1.50 bits per heavy atom. The summed E-state index contributed by atoms with van der Waals surface area (Å²) in [6.45, 7) is 4.25. The Morgan fingerprint density at radius 2 is 2.36 bits per heavy atom. The Morgan fingerprint density at radius 3 is 3.14 bits per heavy atom. The SMILES string of the molecule is C=C=Cc1ccc2c(c1)CCNC2=O. The second-order valence-corrected chi connectivity index (χ2v) is 3.27. The average Bonchev–Trinajstić information content (AvgIpc) is 2.18. The Labute approximate surface area is 82.9 Å². The maximum absolute atomic E-state index is 11.4. The van der Waals surface area contributed by atoms with E-state index in [0.717, 1.165) is 29.7 Å². The van der Waals surface area contributed by atoms with Crippen molar-refractivity contribution in [2.24, 2.45) is 0 Å². The van der Waals surface area contributed by atoms with E-state index in [-0.39, 0.29) is 5.91 Å². The van der Waals surface area contributed by atoms with Gasteiger partial charge in [-0.3, -0.25) is 4.79 Å². The third-order valence-electron chi connectivity index (χ3n) is 2.32. The number of hydrogen-bond donors (Lipinski definition) is 1. The summed E-state index contributed by atoms with van der Waals surface area (Å²) >= 11 is 0. The van der Waals surface area contributed by atoms with E-state index in [9.17, 15) is 4.79 Å². The van der Waals surface area contributed by atoms with Crippen LogP contribution in [-0.2, 0) is 6.42 Å². The molecule has 0 unspecified atom stereocenters. The molecule has 70 valence electrons. The van der Waals surface area contributed by atoms with E-state index < -0.39 is 0 Å². The first-order chi connectivity index (χ1) is 6.81. The second kappa shape index (κ2) is 3.52. The van der Waals surface area contributed by atoms with E-state index in [1.807, 2.05) is 24.3 Å². The van der Waals surface area contributed by atoms with Crippen LogP contribution in [0.4, 0.5) is 0 Å². The highest BCUT2D eigenvalue weighted by molar-refractivity contribution is 5.96. The lowest BCUT2D eigenvalue weighted by Crippen LogP contribution is -2.31. The van der Waals surface area contributed by atoms with Gasteiger partial charge in [0.1, 0.15) is 0 Å². The van der Waals surface area contributed by atoms with E-state index >= 15 is 0 Å². The number of hydrogen-bond acceptors (Lipinski definition) is 1. The summed E-state index contributed by atoms with van der Waals surface area (Å²) in [7, 11) is 0. The Balaban J connectivity index is 2.48. The van der Waals surface area contributed by atoms with Crippen LogP contribution in [0.1, 0.15) is 21.5 Å². The van der Waals surface area contributed by atoms with Crippen molar-refractivity contribution < 1.29 is 4.79 Å². The minimum atomic E-state index is 0.0281. The van der Waals surface area contributed by atoms with E-state index in [0.29, 0.717) is 0 Å². The zero-order valence-electron chi connectivity index (χ0n) is 7.84. The molecule has 0 saturated carbocycles. The van der Waals surface area contributed by atoms with Crippen LogP contribution < -0.4 is 5.32 Å². The smallest absolute Gasteiger partial charge is 0.251 e. The van der Waals surface area contributed by atoms with Crippen LogP contribution in [0, 0.1) is 0 Å². The number of benzene rings is 1. The number of fused-ring (bicyclic) bond motifs is 1. The molecule has 0 saturated heterocycles. The predicted octanol–water partition coefficient (Wildman–Crippen LogP) is 1.77. The van der Waals surface area contributed by atoms with Gasteiger partial charge in [0.15, 0.2) is 0 Å². The van der Waals surface area contributed by atoms with Crippen LogP contribution in [0.2, 0.25) is 0 Å². The molecule has 0 atom stereocenters. The summed E-state index contributed by atoms with van der Waals surface area (Å²) < 4.78 is 0. The molecule has 0 aliphatic carbocycles. The molecule has 1 aliphatic heterocycles. The molecule has 0 spiro atoms. The standard InChI is InChI=1S/C12H11NO/c1-2-3-9-4-5-11-10(8-9)6-7-13-12(11)14/h3-5,8H,1,6-7H2,(H,13,14). The van der Waals surface area contributed by atoms with Crippen molar-refractivity contribution in [1.29, 1.82) is 0 Å². The summed E-state index contributed by atoms with van der Waals surface area (Å²) in [5, 5.41) is 2.81. The highest BCUT2D eigenvalue weighted by atomic mass is 16.1. The molecule has 1 amide bonds. The molecule has 0 bridgehead atoms. The monoisotopic (exact) mass is 185 g/mol. The van der Waals surface area contributed by atoms with Crippen molar-refractivity contribution in [3.05, 3.63) is 47.2 Å². The van der Waals surface area contributed by atoms with Crippen molar-refractivity contribution in [2.45, 2.75) is 6.42 Å². The molecule has 0 fully saturated rings. The second-order valence-electron chi connectivity index (χ2n) is 3.27. The average molecular weight is 185 g/mol. The minimum Gasteiger partial charge on any atom is -0.352 e. The summed E-state index contributed by atoms with van der Waals surface area (Å²) in [6, 6.07) is 5.78. The van der Waals surface area contributed by atoms with Gasteiger partial charge in [0.05, 0.1) is 0 Å². The topological polar surface area (TPSA) is 29.1 Å². The summed E-state index contributed by atoms with van der Waals surface area (Å²) in [4.78, 5) is 11.4. The highest BCUT2D eigenvalue weighted by Crippen LogP contribution is 2.16. The van der Waals surface area contributed by atoms with Crippen molar-refractivity contribution in [2.75, 3.05) is 6.54 Å². The molecule has 2 heteroatoms. The minimum absolute atomic E-state index is 0.0281. The number of rotatable bonds is 1. The molecule has 2 nitrogen and oxygen atoms in total. The third kappa shape index (κ3) is 1.48. The fourth-order valence-electron chi connectivity index (χ4n) is 1.66. The molecular weight excluding hydrogens is 174 g/mol.